The molecule has 0 radical (unpaired) electrons. The molecule has 1 aromatic rings. The molecular weight excluding hydrogens is 336 g/mol. The third-order valence-electron chi connectivity index (χ3n) is 2.21. The van der Waals surface area contributed by atoms with Crippen LogP contribution in [0.4, 0.5) is 5.82 Å². The fourth-order valence-electron chi connectivity index (χ4n) is 1.34. The van der Waals surface area contributed by atoms with Crippen LogP contribution in [-0.4, -0.2) is 33.2 Å². The molecule has 0 aliphatic rings. The van der Waals surface area contributed by atoms with Crippen molar-refractivity contribution in [3.8, 4) is 0 Å². The number of hydrogen-bond donors (Lipinski definition) is 3. The van der Waals surface area contributed by atoms with Gasteiger partial charge in [0, 0.05) is 30.4 Å². The monoisotopic (exact) mass is 352 g/mol. The number of nitrogen functional groups attached to an aromatic ring is 1. The number of nitrogens with two attached hydrogens (primary N) is 1. The van der Waals surface area contributed by atoms with Crippen LogP contribution in [-0.2, 0) is 14.8 Å². The summed E-state index contributed by atoms with van der Waals surface area (Å²) in [5.74, 6) is 5.35. The van der Waals surface area contributed by atoms with Gasteiger partial charge in [0.2, 0.25) is 10.0 Å². The number of rotatable bonds is 8. The molecule has 9 heteroatoms. The Bertz CT molecular complexity index is 509. The molecule has 0 spiro atoms. The Hall–Kier alpha value is -0.740. The second kappa shape index (κ2) is 7.75. The van der Waals surface area contributed by atoms with E-state index in [0.29, 0.717) is 30.7 Å². The summed E-state index contributed by atoms with van der Waals surface area (Å²) in [6.45, 7) is 3.30. The van der Waals surface area contributed by atoms with Gasteiger partial charge in [0.1, 0.15) is 4.90 Å². The highest BCUT2D eigenvalue weighted by atomic mass is 79.9. The molecule has 0 atom stereocenters. The molecule has 7 nitrogen and oxygen atoms in total. The van der Waals surface area contributed by atoms with Gasteiger partial charge in [-0.3, -0.25) is 0 Å². The fourth-order valence-corrected chi connectivity index (χ4v) is 3.04. The van der Waals surface area contributed by atoms with Crippen LogP contribution in [0.15, 0.2) is 21.6 Å². The summed E-state index contributed by atoms with van der Waals surface area (Å²) in [7, 11) is -3.65. The molecular formula is C10H17BrN4O3S. The molecule has 0 aliphatic heterocycles. The maximum Gasteiger partial charge on any atom is 0.244 e. The van der Waals surface area contributed by atoms with E-state index in [2.05, 4.69) is 31.1 Å². The van der Waals surface area contributed by atoms with E-state index >= 15 is 0 Å². The third-order valence-corrected chi connectivity index (χ3v) is 4.12. The normalized spacial score (nSPS) is 11.5. The Morgan fingerprint density at radius 2 is 2.26 bits per heavy atom. The predicted molar refractivity (Wildman–Crippen MR) is 76.0 cm³/mol. The standard InChI is InChI=1S/C10H17BrN4O3S/c1-2-18-5-3-4-14-19(16,17)9-6-8(11)7-13-10(9)15-12/h6-7,14H,2-5,12H2,1H3,(H,13,15). The van der Waals surface area contributed by atoms with Gasteiger partial charge in [-0.25, -0.2) is 24.0 Å². The molecule has 0 aliphatic carbocycles. The molecule has 1 aromatic heterocycles. The highest BCUT2D eigenvalue weighted by Crippen LogP contribution is 2.21. The van der Waals surface area contributed by atoms with Crippen LogP contribution in [0.5, 0.6) is 0 Å². The lowest BCUT2D eigenvalue weighted by molar-refractivity contribution is 0.146. The number of aromatic nitrogens is 1. The topological polar surface area (TPSA) is 106 Å². The van der Waals surface area contributed by atoms with Crippen LogP contribution < -0.4 is 16.0 Å². The quantitative estimate of drug-likeness (QED) is 0.363. The smallest absolute Gasteiger partial charge is 0.244 e. The Kier molecular flexibility index (Phi) is 6.66. The van der Waals surface area contributed by atoms with E-state index in [9.17, 15) is 8.42 Å². The molecule has 0 amide bonds. The van der Waals surface area contributed by atoms with Crippen molar-refractivity contribution in [3.05, 3.63) is 16.7 Å². The van der Waals surface area contributed by atoms with E-state index in [-0.39, 0.29) is 10.7 Å². The summed E-state index contributed by atoms with van der Waals surface area (Å²) in [5, 5.41) is 0. The lowest BCUT2D eigenvalue weighted by atomic mass is 10.5. The molecule has 4 N–H and O–H groups in total. The van der Waals surface area contributed by atoms with Gasteiger partial charge in [0.05, 0.1) is 0 Å². The summed E-state index contributed by atoms with van der Waals surface area (Å²) in [5.41, 5.74) is 2.26. The first-order valence-corrected chi connectivity index (χ1v) is 7.98. The Morgan fingerprint density at radius 3 is 2.89 bits per heavy atom. The van der Waals surface area contributed by atoms with E-state index < -0.39 is 10.0 Å². The first-order valence-electron chi connectivity index (χ1n) is 5.71. The van der Waals surface area contributed by atoms with Crippen molar-refractivity contribution in [2.75, 3.05) is 25.2 Å². The maximum atomic E-state index is 12.1. The number of nitrogens with one attached hydrogen (secondary N) is 2. The van der Waals surface area contributed by atoms with Gasteiger partial charge >= 0.3 is 0 Å². The number of halogens is 1. The van der Waals surface area contributed by atoms with Gasteiger partial charge in [0.15, 0.2) is 5.82 Å². The number of ether oxygens (including phenoxy) is 1. The first-order chi connectivity index (χ1) is 9.01. The maximum absolute atomic E-state index is 12.1. The summed E-state index contributed by atoms with van der Waals surface area (Å²) >= 11 is 3.18. The summed E-state index contributed by atoms with van der Waals surface area (Å²) < 4.78 is 32.3. The van der Waals surface area contributed by atoms with Crippen molar-refractivity contribution in [2.24, 2.45) is 5.84 Å². The molecule has 19 heavy (non-hydrogen) atoms. The molecule has 0 fully saturated rings. The van der Waals surface area contributed by atoms with Crippen molar-refractivity contribution in [1.82, 2.24) is 9.71 Å². The van der Waals surface area contributed by atoms with E-state index in [1.807, 2.05) is 6.92 Å². The molecule has 0 aromatic carbocycles. The molecule has 108 valence electrons. The van der Waals surface area contributed by atoms with Gasteiger partial charge in [-0.1, -0.05) is 0 Å². The Labute approximate surface area is 121 Å². The van der Waals surface area contributed by atoms with Crippen LogP contribution in [0, 0.1) is 0 Å². The van der Waals surface area contributed by atoms with Crippen LogP contribution >= 0.6 is 15.9 Å². The second-order valence-electron chi connectivity index (χ2n) is 3.59. The number of anilines is 1. The van der Waals surface area contributed by atoms with Crippen molar-refractivity contribution in [2.45, 2.75) is 18.2 Å². The minimum atomic E-state index is -3.65. The number of sulfonamides is 1. The van der Waals surface area contributed by atoms with E-state index in [0.717, 1.165) is 0 Å². The largest absolute Gasteiger partial charge is 0.382 e. The summed E-state index contributed by atoms with van der Waals surface area (Å²) in [4.78, 5) is 3.89. The van der Waals surface area contributed by atoms with E-state index in [1.165, 1.54) is 12.3 Å². The van der Waals surface area contributed by atoms with E-state index in [1.54, 1.807) is 0 Å². The van der Waals surface area contributed by atoms with Crippen LogP contribution in [0.25, 0.3) is 0 Å². The van der Waals surface area contributed by atoms with Gasteiger partial charge in [0.25, 0.3) is 0 Å². The van der Waals surface area contributed by atoms with Crippen molar-refractivity contribution >= 4 is 31.8 Å². The average Bonchev–Trinajstić information content (AvgIpc) is 2.38. The average molecular weight is 353 g/mol. The van der Waals surface area contributed by atoms with Crippen LogP contribution in [0.3, 0.4) is 0 Å². The van der Waals surface area contributed by atoms with Crippen LogP contribution in [0.2, 0.25) is 0 Å². The van der Waals surface area contributed by atoms with Gasteiger partial charge < -0.3 is 10.2 Å². The van der Waals surface area contributed by atoms with Crippen molar-refractivity contribution in [3.63, 3.8) is 0 Å². The fraction of sp³-hybridized carbons (Fsp3) is 0.500. The highest BCUT2D eigenvalue weighted by Gasteiger charge is 2.19. The highest BCUT2D eigenvalue weighted by molar-refractivity contribution is 9.10. The zero-order valence-electron chi connectivity index (χ0n) is 10.5. The predicted octanol–water partition coefficient (Wildman–Crippen LogP) is 0.835. The zero-order valence-corrected chi connectivity index (χ0v) is 12.9. The first kappa shape index (κ1) is 16.3. The minimum Gasteiger partial charge on any atom is -0.382 e. The zero-order chi connectivity index (χ0) is 14.3. The molecule has 0 unspecified atom stereocenters. The SMILES string of the molecule is CCOCCCNS(=O)(=O)c1cc(Br)cnc1NN. The Morgan fingerprint density at radius 1 is 1.53 bits per heavy atom. The molecule has 0 bridgehead atoms. The van der Waals surface area contributed by atoms with Gasteiger partial charge in [-0.15, -0.1) is 0 Å². The molecule has 1 heterocycles. The summed E-state index contributed by atoms with van der Waals surface area (Å²) in [6, 6.07) is 1.44. The number of hydrazine groups is 1. The molecule has 1 rings (SSSR count). The number of nitrogens with zero attached hydrogens (tertiary/aromatic N) is 1. The number of hydrogen-bond acceptors (Lipinski definition) is 6. The van der Waals surface area contributed by atoms with E-state index in [4.69, 9.17) is 10.6 Å². The van der Waals surface area contributed by atoms with Gasteiger partial charge in [-0.05, 0) is 35.3 Å². The molecule has 0 saturated heterocycles. The Balaban J connectivity index is 2.74. The third kappa shape index (κ3) is 5.03. The van der Waals surface area contributed by atoms with Crippen molar-refractivity contribution in [1.29, 1.82) is 0 Å². The van der Waals surface area contributed by atoms with Crippen molar-refractivity contribution < 1.29 is 13.2 Å². The second-order valence-corrected chi connectivity index (χ2v) is 6.24. The minimum absolute atomic E-state index is 0.000727. The number of pyridine rings is 1. The van der Waals surface area contributed by atoms with Gasteiger partial charge in [-0.2, -0.15) is 0 Å². The lowest BCUT2D eigenvalue weighted by Crippen LogP contribution is -2.27. The molecule has 0 saturated carbocycles. The van der Waals surface area contributed by atoms with Crippen LogP contribution in [0.1, 0.15) is 13.3 Å². The lowest BCUT2D eigenvalue weighted by Gasteiger charge is -2.10. The summed E-state index contributed by atoms with van der Waals surface area (Å²) in [6.07, 6.45) is 2.06.